The summed E-state index contributed by atoms with van der Waals surface area (Å²) in [4.78, 5) is 12.3. The number of amides is 1. The highest BCUT2D eigenvalue weighted by molar-refractivity contribution is 6.04. The molecule has 0 unspecified atom stereocenters. The van der Waals surface area contributed by atoms with Crippen molar-refractivity contribution < 1.29 is 19.0 Å². The average Bonchev–Trinajstić information content (AvgIpc) is 2.85. The van der Waals surface area contributed by atoms with Crippen molar-refractivity contribution in [3.8, 4) is 17.2 Å². The topological polar surface area (TPSA) is 56.8 Å². The van der Waals surface area contributed by atoms with Crippen LogP contribution in [0, 0.1) is 0 Å². The fourth-order valence-electron chi connectivity index (χ4n) is 2.30. The molecule has 1 aliphatic rings. The third kappa shape index (κ3) is 3.87. The summed E-state index contributed by atoms with van der Waals surface area (Å²) in [6.45, 7) is 5.28. The summed E-state index contributed by atoms with van der Waals surface area (Å²) in [5.41, 5.74) is 1.21. The standard InChI is InChI=1S/C19H19NO4/c1-2-10-22-16-7-4-14(5-8-16)19(21)20-15-6-9-17-18(13-15)24-12-3-11-23-17/h2,4-9,13H,1,3,10-12H2,(H,20,21). The Morgan fingerprint density at radius 3 is 2.62 bits per heavy atom. The number of nitrogens with one attached hydrogen (secondary N) is 1. The van der Waals surface area contributed by atoms with E-state index in [-0.39, 0.29) is 5.91 Å². The summed E-state index contributed by atoms with van der Waals surface area (Å²) in [7, 11) is 0. The first kappa shape index (κ1) is 15.9. The molecule has 0 radical (unpaired) electrons. The van der Waals surface area contributed by atoms with Gasteiger partial charge in [-0.05, 0) is 36.4 Å². The molecule has 1 aliphatic heterocycles. The highest BCUT2D eigenvalue weighted by Crippen LogP contribution is 2.32. The van der Waals surface area contributed by atoms with Crippen molar-refractivity contribution in [2.75, 3.05) is 25.1 Å². The van der Waals surface area contributed by atoms with E-state index in [9.17, 15) is 4.79 Å². The second kappa shape index (κ2) is 7.55. The van der Waals surface area contributed by atoms with Gasteiger partial charge in [0.1, 0.15) is 12.4 Å². The Morgan fingerprint density at radius 2 is 1.88 bits per heavy atom. The van der Waals surface area contributed by atoms with Crippen LogP contribution in [0.5, 0.6) is 17.2 Å². The number of ether oxygens (including phenoxy) is 3. The van der Waals surface area contributed by atoms with Gasteiger partial charge in [-0.15, -0.1) is 0 Å². The Labute approximate surface area is 140 Å². The van der Waals surface area contributed by atoms with Crippen LogP contribution in [0.4, 0.5) is 5.69 Å². The number of fused-ring (bicyclic) bond motifs is 1. The predicted molar refractivity (Wildman–Crippen MR) is 92.1 cm³/mol. The molecular weight excluding hydrogens is 306 g/mol. The lowest BCUT2D eigenvalue weighted by atomic mass is 10.2. The molecule has 5 nitrogen and oxygen atoms in total. The molecule has 5 heteroatoms. The van der Waals surface area contributed by atoms with Crippen LogP contribution in [0.2, 0.25) is 0 Å². The average molecular weight is 325 g/mol. The molecule has 124 valence electrons. The van der Waals surface area contributed by atoms with Gasteiger partial charge in [0.05, 0.1) is 13.2 Å². The summed E-state index contributed by atoms with van der Waals surface area (Å²) in [6.07, 6.45) is 2.52. The molecule has 0 aliphatic carbocycles. The van der Waals surface area contributed by atoms with Crippen LogP contribution >= 0.6 is 0 Å². The van der Waals surface area contributed by atoms with E-state index in [2.05, 4.69) is 11.9 Å². The molecule has 0 fully saturated rings. The van der Waals surface area contributed by atoms with Crippen molar-refractivity contribution in [3.63, 3.8) is 0 Å². The van der Waals surface area contributed by atoms with Crippen molar-refractivity contribution in [1.29, 1.82) is 0 Å². The Hall–Kier alpha value is -2.95. The number of hydrogen-bond donors (Lipinski definition) is 1. The van der Waals surface area contributed by atoms with Crippen molar-refractivity contribution in [1.82, 2.24) is 0 Å². The van der Waals surface area contributed by atoms with E-state index in [0.717, 1.165) is 6.42 Å². The van der Waals surface area contributed by atoms with E-state index in [4.69, 9.17) is 14.2 Å². The minimum Gasteiger partial charge on any atom is -0.490 e. The molecule has 2 aromatic rings. The quantitative estimate of drug-likeness (QED) is 0.852. The summed E-state index contributed by atoms with van der Waals surface area (Å²) >= 11 is 0. The first-order valence-electron chi connectivity index (χ1n) is 7.81. The monoisotopic (exact) mass is 325 g/mol. The molecule has 1 heterocycles. The highest BCUT2D eigenvalue weighted by atomic mass is 16.5. The van der Waals surface area contributed by atoms with Crippen LogP contribution in [0.25, 0.3) is 0 Å². The first-order chi connectivity index (χ1) is 11.8. The zero-order valence-electron chi connectivity index (χ0n) is 13.3. The van der Waals surface area contributed by atoms with Gasteiger partial charge in [0.25, 0.3) is 5.91 Å². The maximum atomic E-state index is 12.3. The van der Waals surface area contributed by atoms with Crippen LogP contribution < -0.4 is 19.5 Å². The number of rotatable bonds is 5. The Bertz CT molecular complexity index is 725. The smallest absolute Gasteiger partial charge is 0.255 e. The second-order valence-corrected chi connectivity index (χ2v) is 5.29. The highest BCUT2D eigenvalue weighted by Gasteiger charge is 2.12. The van der Waals surface area contributed by atoms with Crippen LogP contribution in [0.3, 0.4) is 0 Å². The van der Waals surface area contributed by atoms with Gasteiger partial charge in [-0.3, -0.25) is 4.79 Å². The molecule has 0 bridgehead atoms. The third-order valence-corrected chi connectivity index (χ3v) is 3.49. The number of anilines is 1. The van der Waals surface area contributed by atoms with E-state index in [0.29, 0.717) is 48.3 Å². The fraction of sp³-hybridized carbons (Fsp3) is 0.211. The zero-order chi connectivity index (χ0) is 16.8. The minimum atomic E-state index is -0.195. The lowest BCUT2D eigenvalue weighted by Crippen LogP contribution is -2.12. The van der Waals surface area contributed by atoms with Crippen molar-refractivity contribution in [3.05, 3.63) is 60.7 Å². The Morgan fingerprint density at radius 1 is 1.12 bits per heavy atom. The number of hydrogen-bond acceptors (Lipinski definition) is 4. The molecule has 0 atom stereocenters. The maximum Gasteiger partial charge on any atom is 0.255 e. The van der Waals surface area contributed by atoms with Gasteiger partial charge >= 0.3 is 0 Å². The minimum absolute atomic E-state index is 0.195. The summed E-state index contributed by atoms with van der Waals surface area (Å²) in [6, 6.07) is 12.3. The maximum absolute atomic E-state index is 12.3. The summed E-state index contributed by atoms with van der Waals surface area (Å²) < 4.78 is 16.6. The van der Waals surface area contributed by atoms with Crippen LogP contribution in [-0.4, -0.2) is 25.7 Å². The Kier molecular flexibility index (Phi) is 5.01. The largest absolute Gasteiger partial charge is 0.490 e. The fourth-order valence-corrected chi connectivity index (χ4v) is 2.30. The molecule has 3 rings (SSSR count). The second-order valence-electron chi connectivity index (χ2n) is 5.29. The normalized spacial score (nSPS) is 12.8. The molecule has 0 aromatic heterocycles. The Balaban J connectivity index is 1.68. The number of benzene rings is 2. The van der Waals surface area contributed by atoms with E-state index < -0.39 is 0 Å². The lowest BCUT2D eigenvalue weighted by Gasteiger charge is -2.11. The van der Waals surface area contributed by atoms with Gasteiger partial charge in [0.2, 0.25) is 0 Å². The molecule has 2 aromatic carbocycles. The van der Waals surface area contributed by atoms with Gasteiger partial charge in [-0.2, -0.15) is 0 Å². The van der Waals surface area contributed by atoms with E-state index in [1.54, 1.807) is 42.5 Å². The molecule has 0 saturated carbocycles. The van der Waals surface area contributed by atoms with Gasteiger partial charge in [-0.25, -0.2) is 0 Å². The van der Waals surface area contributed by atoms with E-state index in [1.165, 1.54) is 0 Å². The van der Waals surface area contributed by atoms with Gasteiger partial charge in [0.15, 0.2) is 11.5 Å². The number of carbonyl (C=O) groups is 1. The number of carbonyl (C=O) groups excluding carboxylic acids is 1. The van der Waals surface area contributed by atoms with Gasteiger partial charge < -0.3 is 19.5 Å². The summed E-state index contributed by atoms with van der Waals surface area (Å²) in [5, 5.41) is 2.86. The van der Waals surface area contributed by atoms with E-state index in [1.807, 2.05) is 6.07 Å². The molecular formula is C19H19NO4. The SMILES string of the molecule is C=CCOc1ccc(C(=O)Nc2ccc3c(c2)OCCCO3)cc1. The molecule has 0 saturated heterocycles. The third-order valence-electron chi connectivity index (χ3n) is 3.49. The molecule has 0 spiro atoms. The zero-order valence-corrected chi connectivity index (χ0v) is 13.3. The van der Waals surface area contributed by atoms with Crippen molar-refractivity contribution >= 4 is 11.6 Å². The molecule has 1 amide bonds. The molecule has 1 N–H and O–H groups in total. The lowest BCUT2D eigenvalue weighted by molar-refractivity contribution is 0.102. The first-order valence-corrected chi connectivity index (χ1v) is 7.81. The van der Waals surface area contributed by atoms with Gasteiger partial charge in [-0.1, -0.05) is 12.7 Å². The van der Waals surface area contributed by atoms with Crippen LogP contribution in [0.15, 0.2) is 55.1 Å². The molecule has 24 heavy (non-hydrogen) atoms. The van der Waals surface area contributed by atoms with Gasteiger partial charge in [0, 0.05) is 23.7 Å². The van der Waals surface area contributed by atoms with Crippen LogP contribution in [0.1, 0.15) is 16.8 Å². The van der Waals surface area contributed by atoms with Crippen molar-refractivity contribution in [2.24, 2.45) is 0 Å². The summed E-state index contributed by atoms with van der Waals surface area (Å²) in [5.74, 6) is 1.86. The van der Waals surface area contributed by atoms with Crippen LogP contribution in [-0.2, 0) is 0 Å². The van der Waals surface area contributed by atoms with E-state index >= 15 is 0 Å². The van der Waals surface area contributed by atoms with Crippen molar-refractivity contribution in [2.45, 2.75) is 6.42 Å². The predicted octanol–water partition coefficient (Wildman–Crippen LogP) is 3.67.